The molecule has 1 aromatic heterocycles. The number of aliphatic hydroxyl groups excluding tert-OH is 1. The monoisotopic (exact) mass is 333 g/mol. The van der Waals surface area contributed by atoms with E-state index in [1.54, 1.807) is 11.9 Å². The van der Waals surface area contributed by atoms with Crippen molar-refractivity contribution in [2.45, 2.75) is 12.7 Å². The van der Waals surface area contributed by atoms with E-state index in [1.165, 1.54) is 0 Å². The number of aliphatic hydroxyl groups is 1. The van der Waals surface area contributed by atoms with Gasteiger partial charge in [-0.15, -0.1) is 0 Å². The van der Waals surface area contributed by atoms with Gasteiger partial charge in [0.2, 0.25) is 11.8 Å². The number of ether oxygens (including phenoxy) is 1. The molecule has 2 rings (SSSR count). The van der Waals surface area contributed by atoms with Gasteiger partial charge in [0.25, 0.3) is 0 Å². The number of nitrogens with two attached hydrogens (primary N) is 1. The van der Waals surface area contributed by atoms with Gasteiger partial charge in [0, 0.05) is 13.6 Å². The zero-order valence-corrected chi connectivity index (χ0v) is 13.2. The van der Waals surface area contributed by atoms with Gasteiger partial charge in [0.1, 0.15) is 6.20 Å². The second-order valence-electron chi connectivity index (χ2n) is 5.23. The van der Waals surface area contributed by atoms with Crippen LogP contribution in [0.2, 0.25) is 0 Å². The number of nitrogen functional groups attached to an aromatic ring is 1. The molecule has 0 spiro atoms. The van der Waals surface area contributed by atoms with Crippen molar-refractivity contribution < 1.29 is 14.8 Å². The molecule has 0 amide bonds. The molecule has 0 radical (unpaired) electrons. The second-order valence-corrected chi connectivity index (χ2v) is 5.23. The first kappa shape index (κ1) is 17.6. The van der Waals surface area contributed by atoms with Crippen molar-refractivity contribution in [2.75, 3.05) is 30.8 Å². The Balaban J connectivity index is 1.83. The lowest BCUT2D eigenvalue weighted by Gasteiger charge is -2.20. The van der Waals surface area contributed by atoms with E-state index in [4.69, 9.17) is 10.5 Å². The van der Waals surface area contributed by atoms with Crippen LogP contribution in [-0.2, 0) is 11.3 Å². The van der Waals surface area contributed by atoms with Gasteiger partial charge in [-0.2, -0.15) is 4.98 Å². The molecule has 9 heteroatoms. The van der Waals surface area contributed by atoms with Gasteiger partial charge in [-0.1, -0.05) is 30.3 Å². The third kappa shape index (κ3) is 4.86. The minimum absolute atomic E-state index is 0.141. The topological polar surface area (TPSA) is 128 Å². The minimum atomic E-state index is -0.765. The highest BCUT2D eigenvalue weighted by Crippen LogP contribution is 2.19. The van der Waals surface area contributed by atoms with Crippen LogP contribution in [0.1, 0.15) is 5.56 Å². The number of nitrogens with zero attached hydrogens (tertiary/aromatic N) is 4. The lowest BCUT2D eigenvalue weighted by atomic mass is 10.2. The molecule has 1 aromatic carbocycles. The maximum absolute atomic E-state index is 10.7. The van der Waals surface area contributed by atoms with E-state index in [2.05, 4.69) is 9.97 Å². The first-order valence-corrected chi connectivity index (χ1v) is 7.25. The van der Waals surface area contributed by atoms with Crippen LogP contribution in [0, 0.1) is 10.1 Å². The summed E-state index contributed by atoms with van der Waals surface area (Å²) in [7, 11) is 1.65. The highest BCUT2D eigenvalue weighted by molar-refractivity contribution is 5.53. The number of rotatable bonds is 8. The Bertz CT molecular complexity index is 683. The lowest BCUT2D eigenvalue weighted by molar-refractivity contribution is -0.384. The van der Waals surface area contributed by atoms with Crippen LogP contribution < -0.4 is 10.6 Å². The third-order valence-electron chi connectivity index (χ3n) is 3.23. The molecule has 0 aliphatic rings. The Hall–Kier alpha value is -2.78. The number of aromatic nitrogens is 2. The number of hydrogen-bond donors (Lipinski definition) is 2. The van der Waals surface area contributed by atoms with E-state index in [-0.39, 0.29) is 30.6 Å². The second kappa shape index (κ2) is 8.18. The number of hydrogen-bond acceptors (Lipinski definition) is 8. The number of anilines is 2. The van der Waals surface area contributed by atoms with Crippen LogP contribution in [0.25, 0.3) is 0 Å². The van der Waals surface area contributed by atoms with Crippen molar-refractivity contribution in [1.29, 1.82) is 0 Å². The molecule has 24 heavy (non-hydrogen) atoms. The third-order valence-corrected chi connectivity index (χ3v) is 3.23. The average Bonchev–Trinajstić information content (AvgIpc) is 2.55. The zero-order valence-electron chi connectivity index (χ0n) is 13.2. The first-order chi connectivity index (χ1) is 11.5. The summed E-state index contributed by atoms with van der Waals surface area (Å²) in [5.74, 6) is -0.0214. The molecule has 1 heterocycles. The summed E-state index contributed by atoms with van der Waals surface area (Å²) < 4.78 is 5.46. The molecule has 9 nitrogen and oxygen atoms in total. The van der Waals surface area contributed by atoms with E-state index >= 15 is 0 Å². The van der Waals surface area contributed by atoms with Gasteiger partial charge in [-0.25, -0.2) is 4.98 Å². The van der Waals surface area contributed by atoms with Gasteiger partial charge in [0.05, 0.1) is 24.2 Å². The molecular formula is C15H19N5O4. The maximum atomic E-state index is 10.7. The Kier molecular flexibility index (Phi) is 5.99. The summed E-state index contributed by atoms with van der Waals surface area (Å²) in [5, 5.41) is 20.7. The van der Waals surface area contributed by atoms with Gasteiger partial charge >= 0.3 is 5.69 Å². The average molecular weight is 333 g/mol. The van der Waals surface area contributed by atoms with E-state index in [1.807, 2.05) is 30.3 Å². The summed E-state index contributed by atoms with van der Waals surface area (Å²) in [6.07, 6.45) is 0.283. The standard InChI is InChI=1S/C15H19N5O4/c1-19(15-17-7-13(20(22)23)14(16)18-15)8-12(21)10-24-9-11-5-3-2-4-6-11/h2-7,12,21H,8-10H2,1H3,(H2,16,17,18). The molecule has 1 unspecified atom stereocenters. The van der Waals surface area contributed by atoms with Crippen LogP contribution in [0.5, 0.6) is 0 Å². The molecule has 0 aliphatic heterocycles. The predicted octanol–water partition coefficient (Wildman–Crippen LogP) is 0.981. The summed E-state index contributed by atoms with van der Waals surface area (Å²) in [6, 6.07) is 9.62. The van der Waals surface area contributed by atoms with Crippen molar-refractivity contribution in [1.82, 2.24) is 9.97 Å². The van der Waals surface area contributed by atoms with Crippen LogP contribution in [-0.4, -0.2) is 46.3 Å². The minimum Gasteiger partial charge on any atom is -0.389 e. The molecule has 0 saturated heterocycles. The fraction of sp³-hybridized carbons (Fsp3) is 0.333. The summed E-state index contributed by atoms with van der Waals surface area (Å²) >= 11 is 0. The Morgan fingerprint density at radius 1 is 1.42 bits per heavy atom. The normalized spacial score (nSPS) is 11.9. The maximum Gasteiger partial charge on any atom is 0.329 e. The van der Waals surface area contributed by atoms with Gasteiger partial charge in [0.15, 0.2) is 0 Å². The van der Waals surface area contributed by atoms with Gasteiger partial charge in [-0.3, -0.25) is 10.1 Å². The van der Waals surface area contributed by atoms with E-state index in [9.17, 15) is 15.2 Å². The van der Waals surface area contributed by atoms with Gasteiger partial charge < -0.3 is 20.5 Å². The predicted molar refractivity (Wildman–Crippen MR) is 88.5 cm³/mol. The van der Waals surface area contributed by atoms with Crippen molar-refractivity contribution in [2.24, 2.45) is 0 Å². The Morgan fingerprint density at radius 3 is 2.75 bits per heavy atom. The highest BCUT2D eigenvalue weighted by atomic mass is 16.6. The van der Waals surface area contributed by atoms with Crippen molar-refractivity contribution >= 4 is 17.5 Å². The molecule has 0 fully saturated rings. The molecule has 1 atom stereocenters. The number of likely N-dealkylation sites (N-methyl/N-ethyl adjacent to an activating group) is 1. The van der Waals surface area contributed by atoms with E-state index < -0.39 is 11.0 Å². The van der Waals surface area contributed by atoms with Crippen molar-refractivity contribution in [3.63, 3.8) is 0 Å². The largest absolute Gasteiger partial charge is 0.389 e. The Labute approximate surface area is 138 Å². The molecule has 0 bridgehead atoms. The molecule has 0 saturated carbocycles. The molecule has 3 N–H and O–H groups in total. The van der Waals surface area contributed by atoms with Crippen LogP contribution >= 0.6 is 0 Å². The smallest absolute Gasteiger partial charge is 0.329 e. The van der Waals surface area contributed by atoms with Crippen LogP contribution in [0.3, 0.4) is 0 Å². The number of nitro groups is 1. The quantitative estimate of drug-likeness (QED) is 0.540. The fourth-order valence-electron chi connectivity index (χ4n) is 2.04. The first-order valence-electron chi connectivity index (χ1n) is 7.25. The highest BCUT2D eigenvalue weighted by Gasteiger charge is 2.17. The van der Waals surface area contributed by atoms with E-state index in [0.29, 0.717) is 6.61 Å². The SMILES string of the molecule is CN(CC(O)COCc1ccccc1)c1ncc([N+](=O)[O-])c(N)n1. The molecule has 2 aromatic rings. The summed E-state index contributed by atoms with van der Waals surface area (Å²) in [6.45, 7) is 0.746. The van der Waals surface area contributed by atoms with Crippen LogP contribution in [0.4, 0.5) is 17.5 Å². The van der Waals surface area contributed by atoms with Gasteiger partial charge in [-0.05, 0) is 5.56 Å². The summed E-state index contributed by atoms with van der Waals surface area (Å²) in [4.78, 5) is 19.4. The lowest BCUT2D eigenvalue weighted by Crippen LogP contribution is -2.33. The molecular weight excluding hydrogens is 314 g/mol. The van der Waals surface area contributed by atoms with E-state index in [0.717, 1.165) is 11.8 Å². The van der Waals surface area contributed by atoms with Crippen molar-refractivity contribution in [3.8, 4) is 0 Å². The molecule has 128 valence electrons. The number of benzene rings is 1. The van der Waals surface area contributed by atoms with Crippen molar-refractivity contribution in [3.05, 3.63) is 52.2 Å². The fourth-order valence-corrected chi connectivity index (χ4v) is 2.04. The molecule has 0 aliphatic carbocycles. The Morgan fingerprint density at radius 2 is 2.12 bits per heavy atom. The summed E-state index contributed by atoms with van der Waals surface area (Å²) in [5.41, 5.74) is 6.20. The van der Waals surface area contributed by atoms with Crippen LogP contribution in [0.15, 0.2) is 36.5 Å². The zero-order chi connectivity index (χ0) is 17.5.